The first-order chi connectivity index (χ1) is 13.9. The predicted octanol–water partition coefficient (Wildman–Crippen LogP) is 4.00. The summed E-state index contributed by atoms with van der Waals surface area (Å²) < 4.78 is 5.16. The van der Waals surface area contributed by atoms with Crippen molar-refractivity contribution >= 4 is 11.9 Å². The predicted molar refractivity (Wildman–Crippen MR) is 109 cm³/mol. The summed E-state index contributed by atoms with van der Waals surface area (Å²) in [5, 5.41) is 40.7. The number of aromatic hydroxyl groups is 4. The molecule has 148 valence electrons. The zero-order chi connectivity index (χ0) is 21.0. The van der Waals surface area contributed by atoms with Gasteiger partial charge < -0.3 is 25.2 Å². The molecule has 3 aromatic rings. The van der Waals surface area contributed by atoms with Crippen molar-refractivity contribution in [2.24, 2.45) is 0 Å². The van der Waals surface area contributed by atoms with Crippen LogP contribution >= 0.6 is 0 Å². The summed E-state index contributed by atoms with van der Waals surface area (Å²) in [6, 6.07) is 14.8. The maximum Gasteiger partial charge on any atom is 0.193 e. The highest BCUT2D eigenvalue weighted by Crippen LogP contribution is 2.41. The highest BCUT2D eigenvalue weighted by atomic mass is 16.5. The number of carbonyl (C=O) groups is 1. The highest BCUT2D eigenvalue weighted by Gasteiger charge is 2.23. The quantitative estimate of drug-likeness (QED) is 0.287. The number of hydrogen-bond donors (Lipinski definition) is 4. The third kappa shape index (κ3) is 4.16. The normalized spacial score (nSPS) is 10.9. The Labute approximate surface area is 167 Å². The average molecular weight is 392 g/mol. The monoisotopic (exact) mass is 392 g/mol. The molecule has 0 spiro atoms. The van der Waals surface area contributed by atoms with Crippen molar-refractivity contribution in [1.29, 1.82) is 0 Å². The number of para-hydroxylation sites is 1. The third-order valence-corrected chi connectivity index (χ3v) is 4.50. The van der Waals surface area contributed by atoms with Crippen LogP contribution in [0.15, 0.2) is 60.7 Å². The van der Waals surface area contributed by atoms with Gasteiger partial charge in [0.1, 0.15) is 22.8 Å². The molecule has 0 fully saturated rings. The van der Waals surface area contributed by atoms with Gasteiger partial charge in [0, 0.05) is 23.6 Å². The lowest BCUT2D eigenvalue weighted by Gasteiger charge is -2.15. The Hall–Kier alpha value is -3.93. The van der Waals surface area contributed by atoms with Crippen LogP contribution in [0.3, 0.4) is 0 Å². The van der Waals surface area contributed by atoms with Crippen LogP contribution in [0.4, 0.5) is 0 Å². The summed E-state index contributed by atoms with van der Waals surface area (Å²) in [7, 11) is 1.33. The van der Waals surface area contributed by atoms with Crippen molar-refractivity contribution in [2.75, 3.05) is 7.11 Å². The van der Waals surface area contributed by atoms with Crippen LogP contribution in [0, 0.1) is 0 Å². The number of allylic oxidation sites excluding steroid dienone is 1. The van der Waals surface area contributed by atoms with Gasteiger partial charge in [-0.1, -0.05) is 48.5 Å². The van der Waals surface area contributed by atoms with E-state index in [0.717, 1.165) is 5.56 Å². The molecular weight excluding hydrogens is 372 g/mol. The minimum Gasteiger partial charge on any atom is -0.507 e. The van der Waals surface area contributed by atoms with E-state index in [1.54, 1.807) is 6.08 Å². The fraction of sp³-hybridized carbons (Fsp3) is 0.0870. The molecule has 0 aliphatic heterocycles. The summed E-state index contributed by atoms with van der Waals surface area (Å²) in [4.78, 5) is 12.8. The lowest BCUT2D eigenvalue weighted by molar-refractivity contribution is 0.104. The SMILES string of the molecule is COc1cc(O)c(Cc2cccc(O)c2O)c(O)c1C(=O)/C=C/c1ccccc1. The summed E-state index contributed by atoms with van der Waals surface area (Å²) in [5.41, 5.74) is 1.01. The standard InChI is InChI=1S/C23H20O6/c1-29-20-13-19(26)16(12-15-8-5-9-18(25)22(15)27)23(28)21(20)17(24)11-10-14-6-3-2-4-7-14/h2-11,13,25-28H,12H2,1H3/b11-10+. The van der Waals surface area contributed by atoms with Crippen molar-refractivity contribution in [2.45, 2.75) is 6.42 Å². The Morgan fingerprint density at radius 1 is 0.931 bits per heavy atom. The molecule has 0 aromatic heterocycles. The Kier molecular flexibility index (Phi) is 5.74. The van der Waals surface area contributed by atoms with E-state index in [1.807, 2.05) is 30.3 Å². The summed E-state index contributed by atoms with van der Waals surface area (Å²) >= 11 is 0. The van der Waals surface area contributed by atoms with E-state index in [-0.39, 0.29) is 46.1 Å². The fourth-order valence-corrected chi connectivity index (χ4v) is 2.98. The number of ether oxygens (including phenoxy) is 1. The van der Waals surface area contributed by atoms with E-state index in [0.29, 0.717) is 0 Å². The second-order valence-electron chi connectivity index (χ2n) is 6.37. The first kappa shape index (κ1) is 19.8. The summed E-state index contributed by atoms with van der Waals surface area (Å²) in [6.45, 7) is 0. The number of carbonyl (C=O) groups excluding carboxylic acids is 1. The molecule has 0 saturated carbocycles. The van der Waals surface area contributed by atoms with Crippen molar-refractivity contribution in [3.8, 4) is 28.7 Å². The van der Waals surface area contributed by atoms with Crippen LogP contribution in [0.5, 0.6) is 28.7 Å². The van der Waals surface area contributed by atoms with Gasteiger partial charge in [-0.25, -0.2) is 0 Å². The topological polar surface area (TPSA) is 107 Å². The molecule has 0 amide bonds. The smallest absolute Gasteiger partial charge is 0.193 e. The van der Waals surface area contributed by atoms with Crippen molar-refractivity contribution < 1.29 is 30.0 Å². The first-order valence-corrected chi connectivity index (χ1v) is 8.81. The molecule has 0 saturated heterocycles. The molecule has 0 bridgehead atoms. The Bertz CT molecular complexity index is 1070. The van der Waals surface area contributed by atoms with Gasteiger partial charge in [0.05, 0.1) is 7.11 Å². The van der Waals surface area contributed by atoms with E-state index < -0.39 is 11.5 Å². The van der Waals surface area contributed by atoms with Crippen LogP contribution < -0.4 is 4.74 Å². The molecule has 0 aliphatic carbocycles. The van der Waals surface area contributed by atoms with Crippen LogP contribution in [-0.2, 0) is 6.42 Å². The number of benzene rings is 3. The zero-order valence-corrected chi connectivity index (χ0v) is 15.7. The third-order valence-electron chi connectivity index (χ3n) is 4.50. The van der Waals surface area contributed by atoms with E-state index in [1.165, 1.54) is 37.5 Å². The average Bonchev–Trinajstić information content (AvgIpc) is 2.72. The first-order valence-electron chi connectivity index (χ1n) is 8.81. The van der Waals surface area contributed by atoms with Gasteiger partial charge in [-0.3, -0.25) is 4.79 Å². The Morgan fingerprint density at radius 2 is 1.66 bits per heavy atom. The second kappa shape index (κ2) is 8.39. The summed E-state index contributed by atoms with van der Waals surface area (Å²) in [5.74, 6) is -1.93. The zero-order valence-electron chi connectivity index (χ0n) is 15.7. The molecule has 6 nitrogen and oxygen atoms in total. The fourth-order valence-electron chi connectivity index (χ4n) is 2.98. The van der Waals surface area contributed by atoms with E-state index in [2.05, 4.69) is 0 Å². The molecule has 6 heteroatoms. The number of phenolic OH excluding ortho intramolecular Hbond substituents is 4. The van der Waals surface area contributed by atoms with Gasteiger partial charge in [0.15, 0.2) is 17.3 Å². The number of phenols is 4. The molecule has 3 aromatic carbocycles. The molecule has 3 rings (SSSR count). The van der Waals surface area contributed by atoms with Gasteiger partial charge in [-0.05, 0) is 17.7 Å². The van der Waals surface area contributed by atoms with Gasteiger partial charge in [-0.2, -0.15) is 0 Å². The number of methoxy groups -OCH3 is 1. The second-order valence-corrected chi connectivity index (χ2v) is 6.37. The number of hydrogen-bond acceptors (Lipinski definition) is 6. The van der Waals surface area contributed by atoms with Crippen LogP contribution in [-0.4, -0.2) is 33.3 Å². The molecule has 0 heterocycles. The van der Waals surface area contributed by atoms with Crippen molar-refractivity contribution in [1.82, 2.24) is 0 Å². The van der Waals surface area contributed by atoms with Gasteiger partial charge in [0.25, 0.3) is 0 Å². The lowest BCUT2D eigenvalue weighted by Crippen LogP contribution is -2.03. The minimum atomic E-state index is -0.510. The van der Waals surface area contributed by atoms with Crippen LogP contribution in [0.2, 0.25) is 0 Å². The van der Waals surface area contributed by atoms with Gasteiger partial charge >= 0.3 is 0 Å². The van der Waals surface area contributed by atoms with Crippen LogP contribution in [0.25, 0.3) is 6.08 Å². The molecule has 0 unspecified atom stereocenters. The molecule has 0 radical (unpaired) electrons. The van der Waals surface area contributed by atoms with E-state index in [4.69, 9.17) is 4.74 Å². The number of ketones is 1. The van der Waals surface area contributed by atoms with E-state index in [9.17, 15) is 25.2 Å². The molecular formula is C23H20O6. The molecule has 29 heavy (non-hydrogen) atoms. The Morgan fingerprint density at radius 3 is 2.34 bits per heavy atom. The maximum atomic E-state index is 12.8. The van der Waals surface area contributed by atoms with Crippen LogP contribution in [0.1, 0.15) is 27.0 Å². The number of rotatable bonds is 6. The molecule has 0 atom stereocenters. The largest absolute Gasteiger partial charge is 0.507 e. The van der Waals surface area contributed by atoms with E-state index >= 15 is 0 Å². The lowest BCUT2D eigenvalue weighted by atomic mass is 9.96. The highest BCUT2D eigenvalue weighted by molar-refractivity contribution is 6.11. The van der Waals surface area contributed by atoms with Gasteiger partial charge in [0.2, 0.25) is 0 Å². The molecule has 4 N–H and O–H groups in total. The minimum absolute atomic E-state index is 0.0200. The van der Waals surface area contributed by atoms with Crippen molar-refractivity contribution in [3.63, 3.8) is 0 Å². The summed E-state index contributed by atoms with van der Waals surface area (Å²) in [6.07, 6.45) is 2.80. The van der Waals surface area contributed by atoms with Gasteiger partial charge in [-0.15, -0.1) is 0 Å². The Balaban J connectivity index is 2.03. The maximum absolute atomic E-state index is 12.8. The molecule has 0 aliphatic rings. The van der Waals surface area contributed by atoms with Crippen molar-refractivity contribution in [3.05, 3.63) is 82.9 Å².